The number of hydrogen-bond donors (Lipinski definition) is 1. The zero-order chi connectivity index (χ0) is 16.0. The minimum atomic E-state index is 0.283. The van der Waals surface area contributed by atoms with E-state index in [2.05, 4.69) is 33.4 Å². The molecule has 0 saturated carbocycles. The molecule has 4 rings (SSSR count). The van der Waals surface area contributed by atoms with Crippen LogP contribution in [0.3, 0.4) is 0 Å². The van der Waals surface area contributed by atoms with E-state index in [1.54, 1.807) is 0 Å². The first kappa shape index (κ1) is 14.4. The standard InChI is InChI=1S/C17H21N5O/c1-10-7-11(2)19-16-15(10)17-20-12(3)8-14(22(17)21-16)18-9-13-5-4-6-23-13/h7-8,13,18H,4-6,9H2,1-3H3/t13-/m0/s1. The minimum Gasteiger partial charge on any atom is -0.376 e. The van der Waals surface area contributed by atoms with Crippen molar-refractivity contribution in [1.29, 1.82) is 0 Å². The van der Waals surface area contributed by atoms with Crippen molar-refractivity contribution in [2.24, 2.45) is 0 Å². The van der Waals surface area contributed by atoms with Crippen LogP contribution in [0.2, 0.25) is 0 Å². The van der Waals surface area contributed by atoms with Crippen LogP contribution in [0.15, 0.2) is 12.1 Å². The highest BCUT2D eigenvalue weighted by Gasteiger charge is 2.17. The summed E-state index contributed by atoms with van der Waals surface area (Å²) in [6.45, 7) is 7.74. The van der Waals surface area contributed by atoms with Crippen LogP contribution in [-0.4, -0.2) is 38.8 Å². The van der Waals surface area contributed by atoms with Crippen molar-refractivity contribution < 1.29 is 4.74 Å². The molecule has 3 aromatic heterocycles. The van der Waals surface area contributed by atoms with Crippen molar-refractivity contribution in [1.82, 2.24) is 19.6 Å². The van der Waals surface area contributed by atoms with Crippen LogP contribution in [0, 0.1) is 20.8 Å². The summed E-state index contributed by atoms with van der Waals surface area (Å²) in [6, 6.07) is 4.10. The number of rotatable bonds is 3. The van der Waals surface area contributed by atoms with Crippen molar-refractivity contribution in [3.05, 3.63) is 29.1 Å². The van der Waals surface area contributed by atoms with Crippen LogP contribution in [0.5, 0.6) is 0 Å². The van der Waals surface area contributed by atoms with Crippen molar-refractivity contribution in [2.45, 2.75) is 39.7 Å². The highest BCUT2D eigenvalue weighted by Crippen LogP contribution is 2.24. The molecule has 23 heavy (non-hydrogen) atoms. The van der Waals surface area contributed by atoms with Crippen LogP contribution < -0.4 is 5.32 Å². The second-order valence-corrected chi connectivity index (χ2v) is 6.31. The van der Waals surface area contributed by atoms with Gasteiger partial charge in [0.25, 0.3) is 0 Å². The van der Waals surface area contributed by atoms with E-state index in [1.807, 2.05) is 24.4 Å². The van der Waals surface area contributed by atoms with Gasteiger partial charge in [-0.3, -0.25) is 0 Å². The van der Waals surface area contributed by atoms with Crippen LogP contribution >= 0.6 is 0 Å². The molecule has 1 saturated heterocycles. The van der Waals surface area contributed by atoms with Gasteiger partial charge in [0.05, 0.1) is 11.5 Å². The monoisotopic (exact) mass is 311 g/mol. The van der Waals surface area contributed by atoms with Crippen LogP contribution in [0.25, 0.3) is 16.7 Å². The molecule has 120 valence electrons. The summed E-state index contributed by atoms with van der Waals surface area (Å²) in [4.78, 5) is 9.24. The van der Waals surface area contributed by atoms with Crippen molar-refractivity contribution >= 4 is 22.5 Å². The highest BCUT2D eigenvalue weighted by molar-refractivity contribution is 5.93. The summed E-state index contributed by atoms with van der Waals surface area (Å²) in [5.74, 6) is 0.943. The molecular formula is C17H21N5O. The molecule has 1 atom stereocenters. The van der Waals surface area contributed by atoms with Gasteiger partial charge >= 0.3 is 0 Å². The Kier molecular flexibility index (Phi) is 3.41. The molecular weight excluding hydrogens is 290 g/mol. The summed E-state index contributed by atoms with van der Waals surface area (Å²) in [5.41, 5.74) is 4.71. The summed E-state index contributed by atoms with van der Waals surface area (Å²) >= 11 is 0. The predicted molar refractivity (Wildman–Crippen MR) is 90.0 cm³/mol. The number of anilines is 1. The van der Waals surface area contributed by atoms with Crippen LogP contribution in [-0.2, 0) is 4.74 Å². The Morgan fingerprint density at radius 2 is 2.04 bits per heavy atom. The molecule has 0 aromatic carbocycles. The molecule has 0 bridgehead atoms. The maximum atomic E-state index is 5.69. The lowest BCUT2D eigenvalue weighted by molar-refractivity contribution is 0.120. The van der Waals surface area contributed by atoms with E-state index in [-0.39, 0.29) is 6.10 Å². The Morgan fingerprint density at radius 3 is 2.83 bits per heavy atom. The number of fused-ring (bicyclic) bond motifs is 3. The average molecular weight is 311 g/mol. The molecule has 0 amide bonds. The van der Waals surface area contributed by atoms with Gasteiger partial charge in [0.2, 0.25) is 0 Å². The second kappa shape index (κ2) is 5.45. The third-order valence-corrected chi connectivity index (χ3v) is 4.34. The first-order chi connectivity index (χ1) is 11.1. The number of aryl methyl sites for hydroxylation is 3. The maximum Gasteiger partial charge on any atom is 0.184 e. The van der Waals surface area contributed by atoms with Gasteiger partial charge in [0.1, 0.15) is 5.82 Å². The quantitative estimate of drug-likeness (QED) is 0.806. The number of ether oxygens (including phenoxy) is 1. The fraction of sp³-hybridized carbons (Fsp3) is 0.471. The lowest BCUT2D eigenvalue weighted by atomic mass is 10.2. The van der Waals surface area contributed by atoms with Crippen molar-refractivity contribution in [3.63, 3.8) is 0 Å². The fourth-order valence-corrected chi connectivity index (χ4v) is 3.29. The van der Waals surface area contributed by atoms with Gasteiger partial charge in [-0.2, -0.15) is 4.52 Å². The Labute approximate surface area is 134 Å². The van der Waals surface area contributed by atoms with E-state index in [0.29, 0.717) is 0 Å². The first-order valence-electron chi connectivity index (χ1n) is 8.11. The molecule has 6 nitrogen and oxygen atoms in total. The molecule has 0 aliphatic carbocycles. The van der Waals surface area contributed by atoms with Gasteiger partial charge in [-0.05, 0) is 45.2 Å². The molecule has 0 spiro atoms. The smallest absolute Gasteiger partial charge is 0.184 e. The largest absolute Gasteiger partial charge is 0.376 e. The topological polar surface area (TPSA) is 64.3 Å². The van der Waals surface area contributed by atoms with E-state index in [0.717, 1.165) is 65.4 Å². The summed E-state index contributed by atoms with van der Waals surface area (Å²) in [6.07, 6.45) is 2.54. The van der Waals surface area contributed by atoms with Crippen LogP contribution in [0.1, 0.15) is 29.8 Å². The molecule has 6 heteroatoms. The van der Waals surface area contributed by atoms with Gasteiger partial charge in [-0.1, -0.05) is 0 Å². The Hall–Kier alpha value is -2.21. The van der Waals surface area contributed by atoms with E-state index in [9.17, 15) is 0 Å². The molecule has 4 heterocycles. The lowest BCUT2D eigenvalue weighted by Crippen LogP contribution is -2.20. The summed E-state index contributed by atoms with van der Waals surface area (Å²) < 4.78 is 7.56. The SMILES string of the molecule is Cc1cc(C)c2c(n1)nn1c(NC[C@@H]3CCCO3)cc(C)nc21. The van der Waals surface area contributed by atoms with Gasteiger partial charge in [0.15, 0.2) is 11.3 Å². The number of hydrogen-bond acceptors (Lipinski definition) is 5. The van der Waals surface area contributed by atoms with Crippen molar-refractivity contribution in [2.75, 3.05) is 18.5 Å². The highest BCUT2D eigenvalue weighted by atomic mass is 16.5. The molecule has 1 fully saturated rings. The maximum absolute atomic E-state index is 5.69. The lowest BCUT2D eigenvalue weighted by Gasteiger charge is -2.13. The van der Waals surface area contributed by atoms with E-state index in [1.165, 1.54) is 0 Å². The zero-order valence-corrected chi connectivity index (χ0v) is 13.8. The number of pyridine rings is 1. The average Bonchev–Trinajstić information content (AvgIpc) is 3.11. The van der Waals surface area contributed by atoms with Gasteiger partial charge in [-0.25, -0.2) is 9.97 Å². The zero-order valence-electron chi connectivity index (χ0n) is 13.8. The van der Waals surface area contributed by atoms with Crippen molar-refractivity contribution in [3.8, 4) is 0 Å². The van der Waals surface area contributed by atoms with Gasteiger partial charge in [0, 0.05) is 30.6 Å². The molecule has 3 aromatic rings. The third kappa shape index (κ3) is 2.53. The third-order valence-electron chi connectivity index (χ3n) is 4.34. The van der Waals surface area contributed by atoms with Gasteiger partial charge in [-0.15, -0.1) is 5.10 Å². The Morgan fingerprint density at radius 1 is 1.22 bits per heavy atom. The second-order valence-electron chi connectivity index (χ2n) is 6.31. The molecule has 1 aliphatic heterocycles. The predicted octanol–water partition coefficient (Wildman–Crippen LogP) is 2.79. The minimum absolute atomic E-state index is 0.283. The van der Waals surface area contributed by atoms with Crippen LogP contribution in [0.4, 0.5) is 5.82 Å². The van der Waals surface area contributed by atoms with E-state index < -0.39 is 0 Å². The van der Waals surface area contributed by atoms with E-state index >= 15 is 0 Å². The first-order valence-corrected chi connectivity index (χ1v) is 8.11. The summed E-state index contributed by atoms with van der Waals surface area (Å²) in [7, 11) is 0. The molecule has 0 radical (unpaired) electrons. The molecule has 0 unspecified atom stereocenters. The van der Waals surface area contributed by atoms with E-state index in [4.69, 9.17) is 4.74 Å². The summed E-state index contributed by atoms with van der Waals surface area (Å²) in [5, 5.41) is 9.16. The fourth-order valence-electron chi connectivity index (χ4n) is 3.29. The Balaban J connectivity index is 1.82. The number of aromatic nitrogens is 4. The number of nitrogens with zero attached hydrogens (tertiary/aromatic N) is 4. The normalized spacial score (nSPS) is 18.1. The van der Waals surface area contributed by atoms with Gasteiger partial charge < -0.3 is 10.1 Å². The molecule has 1 aliphatic rings. The number of nitrogens with one attached hydrogen (secondary N) is 1. The Bertz CT molecular complexity index is 880. The molecule has 1 N–H and O–H groups in total.